The van der Waals surface area contributed by atoms with E-state index in [2.05, 4.69) is 22.5 Å². The van der Waals surface area contributed by atoms with Crippen molar-refractivity contribution in [3.05, 3.63) is 0 Å². The molecule has 94 valence electrons. The van der Waals surface area contributed by atoms with Gasteiger partial charge in [-0.15, -0.1) is 0 Å². The van der Waals surface area contributed by atoms with Crippen molar-refractivity contribution in [2.24, 2.45) is 10.9 Å². The van der Waals surface area contributed by atoms with E-state index in [0.29, 0.717) is 5.92 Å². The molecule has 1 rings (SSSR count). The summed E-state index contributed by atoms with van der Waals surface area (Å²) in [6.45, 7) is 5.99. The Labute approximate surface area is 98.9 Å². The van der Waals surface area contributed by atoms with Gasteiger partial charge in [0.2, 0.25) is 0 Å². The molecule has 0 aromatic carbocycles. The van der Waals surface area contributed by atoms with Crippen molar-refractivity contribution < 1.29 is 4.74 Å². The van der Waals surface area contributed by atoms with Gasteiger partial charge in [0.05, 0.1) is 6.61 Å². The summed E-state index contributed by atoms with van der Waals surface area (Å²) in [6.07, 6.45) is 4.91. The van der Waals surface area contributed by atoms with Crippen LogP contribution in [0, 0.1) is 5.92 Å². The molecule has 4 heteroatoms. The van der Waals surface area contributed by atoms with Gasteiger partial charge in [0.15, 0.2) is 5.96 Å². The lowest BCUT2D eigenvalue weighted by atomic mass is 10.1. The molecule has 1 atom stereocenters. The minimum Gasteiger partial charge on any atom is -0.381 e. The first kappa shape index (κ1) is 13.3. The summed E-state index contributed by atoms with van der Waals surface area (Å²) < 4.78 is 5.34. The van der Waals surface area contributed by atoms with Gasteiger partial charge >= 0.3 is 0 Å². The first-order chi connectivity index (χ1) is 7.86. The predicted octanol–water partition coefficient (Wildman–Crippen LogP) is 1.38. The average molecular weight is 227 g/mol. The van der Waals surface area contributed by atoms with E-state index in [0.717, 1.165) is 32.3 Å². The normalized spacial score (nSPS) is 21.1. The molecule has 1 unspecified atom stereocenters. The minimum absolute atomic E-state index is 0.647. The fraction of sp³-hybridized carbons (Fsp3) is 0.917. The highest BCUT2D eigenvalue weighted by molar-refractivity contribution is 5.79. The second kappa shape index (κ2) is 8.39. The third-order valence-electron chi connectivity index (χ3n) is 2.88. The highest BCUT2D eigenvalue weighted by Crippen LogP contribution is 2.10. The average Bonchev–Trinajstić information content (AvgIpc) is 2.81. The van der Waals surface area contributed by atoms with Gasteiger partial charge in [-0.25, -0.2) is 0 Å². The molecule has 1 heterocycles. The van der Waals surface area contributed by atoms with E-state index < -0.39 is 0 Å². The highest BCUT2D eigenvalue weighted by atomic mass is 16.5. The summed E-state index contributed by atoms with van der Waals surface area (Å²) in [5, 5.41) is 6.67. The number of hydrogen-bond acceptors (Lipinski definition) is 2. The molecular weight excluding hydrogens is 202 g/mol. The predicted molar refractivity (Wildman–Crippen MR) is 67.8 cm³/mol. The molecule has 0 radical (unpaired) electrons. The fourth-order valence-corrected chi connectivity index (χ4v) is 1.79. The minimum atomic E-state index is 0.647. The molecular formula is C12H25N3O. The third kappa shape index (κ3) is 5.35. The molecule has 0 aromatic rings. The maximum Gasteiger partial charge on any atom is 0.190 e. The van der Waals surface area contributed by atoms with Crippen molar-refractivity contribution in [2.75, 3.05) is 33.4 Å². The lowest BCUT2D eigenvalue weighted by Gasteiger charge is -2.14. The standard InChI is InChI=1S/C12H25N3O/c1-3-4-5-7-14-12(13-2)15-9-11-6-8-16-10-11/h11H,3-10H2,1-2H3,(H2,13,14,15). The Morgan fingerprint density at radius 2 is 2.25 bits per heavy atom. The van der Waals surface area contributed by atoms with E-state index in [-0.39, 0.29) is 0 Å². The Morgan fingerprint density at radius 3 is 2.88 bits per heavy atom. The SMILES string of the molecule is CCCCCNC(=NC)NCC1CCOC1. The molecule has 1 aliphatic rings. The second-order valence-electron chi connectivity index (χ2n) is 4.32. The highest BCUT2D eigenvalue weighted by Gasteiger charge is 2.15. The summed E-state index contributed by atoms with van der Waals surface area (Å²) in [5.74, 6) is 1.57. The molecule has 0 aromatic heterocycles. The van der Waals surface area contributed by atoms with Crippen LogP contribution < -0.4 is 10.6 Å². The van der Waals surface area contributed by atoms with Crippen LogP contribution in [-0.4, -0.2) is 39.3 Å². The molecule has 0 saturated carbocycles. The van der Waals surface area contributed by atoms with E-state index in [1.54, 1.807) is 0 Å². The monoisotopic (exact) mass is 227 g/mol. The van der Waals surface area contributed by atoms with E-state index >= 15 is 0 Å². The van der Waals surface area contributed by atoms with Crippen LogP contribution in [0.15, 0.2) is 4.99 Å². The molecule has 1 fully saturated rings. The molecule has 1 saturated heterocycles. The van der Waals surface area contributed by atoms with E-state index in [9.17, 15) is 0 Å². The third-order valence-corrected chi connectivity index (χ3v) is 2.88. The van der Waals surface area contributed by atoms with Crippen molar-refractivity contribution in [3.8, 4) is 0 Å². The summed E-state index contributed by atoms with van der Waals surface area (Å²) in [6, 6.07) is 0. The van der Waals surface area contributed by atoms with Gasteiger partial charge in [0.1, 0.15) is 0 Å². The van der Waals surface area contributed by atoms with Gasteiger partial charge in [-0.1, -0.05) is 19.8 Å². The molecule has 2 N–H and O–H groups in total. The number of nitrogens with one attached hydrogen (secondary N) is 2. The van der Waals surface area contributed by atoms with Crippen molar-refractivity contribution in [3.63, 3.8) is 0 Å². The van der Waals surface area contributed by atoms with Crippen LogP contribution in [-0.2, 0) is 4.74 Å². The van der Waals surface area contributed by atoms with Gasteiger partial charge in [-0.2, -0.15) is 0 Å². The van der Waals surface area contributed by atoms with Gasteiger partial charge in [-0.05, 0) is 12.8 Å². The van der Waals surface area contributed by atoms with E-state index in [1.165, 1.54) is 25.7 Å². The number of nitrogens with zero attached hydrogens (tertiary/aromatic N) is 1. The number of rotatable bonds is 6. The zero-order valence-corrected chi connectivity index (χ0v) is 10.6. The number of ether oxygens (including phenoxy) is 1. The summed E-state index contributed by atoms with van der Waals surface area (Å²) in [7, 11) is 1.82. The molecule has 0 amide bonds. The Bertz CT molecular complexity index is 200. The first-order valence-corrected chi connectivity index (χ1v) is 6.39. The van der Waals surface area contributed by atoms with Crippen LogP contribution in [0.4, 0.5) is 0 Å². The van der Waals surface area contributed by atoms with Crippen LogP contribution in [0.3, 0.4) is 0 Å². The van der Waals surface area contributed by atoms with Gasteiger partial charge < -0.3 is 15.4 Å². The van der Waals surface area contributed by atoms with Gasteiger partial charge in [0, 0.05) is 32.7 Å². The van der Waals surface area contributed by atoms with Crippen LogP contribution in [0.25, 0.3) is 0 Å². The molecule has 4 nitrogen and oxygen atoms in total. The second-order valence-corrected chi connectivity index (χ2v) is 4.32. The quantitative estimate of drug-likeness (QED) is 0.409. The fourth-order valence-electron chi connectivity index (χ4n) is 1.79. The molecule has 1 aliphatic heterocycles. The topological polar surface area (TPSA) is 45.7 Å². The zero-order chi connectivity index (χ0) is 11.6. The van der Waals surface area contributed by atoms with Crippen molar-refractivity contribution in [1.29, 1.82) is 0 Å². The Hall–Kier alpha value is -0.770. The van der Waals surface area contributed by atoms with Crippen LogP contribution in [0.1, 0.15) is 32.6 Å². The Kier molecular flexibility index (Phi) is 6.97. The summed E-state index contributed by atoms with van der Waals surface area (Å²) in [5.41, 5.74) is 0. The summed E-state index contributed by atoms with van der Waals surface area (Å²) in [4.78, 5) is 4.20. The summed E-state index contributed by atoms with van der Waals surface area (Å²) >= 11 is 0. The van der Waals surface area contributed by atoms with Crippen LogP contribution in [0.2, 0.25) is 0 Å². The Balaban J connectivity index is 2.06. The van der Waals surface area contributed by atoms with Crippen molar-refractivity contribution in [1.82, 2.24) is 10.6 Å². The maximum atomic E-state index is 5.34. The van der Waals surface area contributed by atoms with Crippen LogP contribution >= 0.6 is 0 Å². The van der Waals surface area contributed by atoms with Crippen molar-refractivity contribution >= 4 is 5.96 Å². The van der Waals surface area contributed by atoms with Gasteiger partial charge in [-0.3, -0.25) is 4.99 Å². The number of unbranched alkanes of at least 4 members (excludes halogenated alkanes) is 2. The molecule has 0 spiro atoms. The number of guanidine groups is 1. The van der Waals surface area contributed by atoms with E-state index in [1.807, 2.05) is 7.05 Å². The first-order valence-electron chi connectivity index (χ1n) is 6.39. The lowest BCUT2D eigenvalue weighted by Crippen LogP contribution is -2.40. The molecule has 0 bridgehead atoms. The van der Waals surface area contributed by atoms with Crippen molar-refractivity contribution in [2.45, 2.75) is 32.6 Å². The zero-order valence-electron chi connectivity index (χ0n) is 10.6. The lowest BCUT2D eigenvalue weighted by molar-refractivity contribution is 0.186. The Morgan fingerprint density at radius 1 is 1.38 bits per heavy atom. The number of aliphatic imine (C=N–C) groups is 1. The van der Waals surface area contributed by atoms with Crippen LogP contribution in [0.5, 0.6) is 0 Å². The molecule has 0 aliphatic carbocycles. The smallest absolute Gasteiger partial charge is 0.190 e. The number of hydrogen-bond donors (Lipinski definition) is 2. The van der Waals surface area contributed by atoms with Gasteiger partial charge in [0.25, 0.3) is 0 Å². The van der Waals surface area contributed by atoms with E-state index in [4.69, 9.17) is 4.74 Å². The largest absolute Gasteiger partial charge is 0.381 e. The maximum absolute atomic E-state index is 5.34. The molecule has 16 heavy (non-hydrogen) atoms.